The quantitative estimate of drug-likeness (QED) is 0.849. The number of methoxy groups -OCH3 is 1. The normalized spacial score (nSPS) is 13.8. The van der Waals surface area contributed by atoms with Gasteiger partial charge in [-0.05, 0) is 30.2 Å². The predicted molar refractivity (Wildman–Crippen MR) is 80.7 cm³/mol. The highest BCUT2D eigenvalue weighted by Crippen LogP contribution is 2.17. The average Bonchev–Trinajstić information content (AvgIpc) is 2.53. The molecule has 0 aliphatic rings. The molecule has 3 nitrogen and oxygen atoms in total. The summed E-state index contributed by atoms with van der Waals surface area (Å²) in [7, 11) is 1.66. The van der Waals surface area contributed by atoms with Crippen molar-refractivity contribution in [2.45, 2.75) is 25.6 Å². The maximum atomic E-state index is 10.3. The molecule has 2 aromatic rings. The maximum absolute atomic E-state index is 10.3. The van der Waals surface area contributed by atoms with E-state index in [1.54, 1.807) is 7.11 Å². The van der Waals surface area contributed by atoms with E-state index in [0.717, 1.165) is 23.4 Å². The second-order valence-corrected chi connectivity index (χ2v) is 4.87. The molecule has 0 aliphatic carbocycles. The van der Waals surface area contributed by atoms with Gasteiger partial charge in [0.1, 0.15) is 5.75 Å². The molecule has 0 saturated carbocycles. The summed E-state index contributed by atoms with van der Waals surface area (Å²) in [5.74, 6) is 0.853. The van der Waals surface area contributed by atoms with Gasteiger partial charge < -0.3 is 15.2 Å². The standard InChI is InChI=1S/C17H21NO2/c1-13(17(19)15-6-4-3-5-7-15)18-12-14-8-10-16(20-2)11-9-14/h3-11,13,17-19H,12H2,1-2H3. The predicted octanol–water partition coefficient (Wildman–Crippen LogP) is 2.91. The Labute approximate surface area is 120 Å². The fraction of sp³-hybridized carbons (Fsp3) is 0.294. The van der Waals surface area contributed by atoms with Crippen molar-refractivity contribution in [2.24, 2.45) is 0 Å². The Morgan fingerprint density at radius 1 is 1.05 bits per heavy atom. The second kappa shape index (κ2) is 7.08. The van der Waals surface area contributed by atoms with Gasteiger partial charge in [-0.1, -0.05) is 42.5 Å². The van der Waals surface area contributed by atoms with Gasteiger partial charge in [-0.15, -0.1) is 0 Å². The van der Waals surface area contributed by atoms with Gasteiger partial charge >= 0.3 is 0 Å². The number of nitrogens with one attached hydrogen (secondary N) is 1. The van der Waals surface area contributed by atoms with Crippen LogP contribution in [0.25, 0.3) is 0 Å². The molecule has 0 spiro atoms. The first kappa shape index (κ1) is 14.6. The van der Waals surface area contributed by atoms with E-state index in [0.29, 0.717) is 0 Å². The van der Waals surface area contributed by atoms with Gasteiger partial charge in [0.15, 0.2) is 0 Å². The molecule has 2 atom stereocenters. The summed E-state index contributed by atoms with van der Waals surface area (Å²) in [5.41, 5.74) is 2.10. The lowest BCUT2D eigenvalue weighted by atomic mass is 10.0. The van der Waals surface area contributed by atoms with E-state index in [1.165, 1.54) is 0 Å². The number of ether oxygens (including phenoxy) is 1. The molecule has 0 aromatic heterocycles. The van der Waals surface area contributed by atoms with E-state index < -0.39 is 6.10 Å². The minimum absolute atomic E-state index is 0.0144. The summed E-state index contributed by atoms with van der Waals surface area (Å²) in [4.78, 5) is 0. The van der Waals surface area contributed by atoms with Crippen LogP contribution in [0.1, 0.15) is 24.2 Å². The molecule has 20 heavy (non-hydrogen) atoms. The Hall–Kier alpha value is -1.84. The molecular formula is C17H21NO2. The fourth-order valence-electron chi connectivity index (χ4n) is 2.07. The highest BCUT2D eigenvalue weighted by Gasteiger charge is 2.15. The van der Waals surface area contributed by atoms with Gasteiger partial charge in [0.25, 0.3) is 0 Å². The van der Waals surface area contributed by atoms with Gasteiger partial charge in [-0.3, -0.25) is 0 Å². The first-order valence-electron chi connectivity index (χ1n) is 6.80. The Bertz CT molecular complexity index is 510. The molecule has 3 heteroatoms. The molecule has 106 valence electrons. The lowest BCUT2D eigenvalue weighted by molar-refractivity contribution is 0.135. The van der Waals surface area contributed by atoms with Gasteiger partial charge in [-0.25, -0.2) is 0 Å². The van der Waals surface area contributed by atoms with E-state index in [-0.39, 0.29) is 6.04 Å². The zero-order chi connectivity index (χ0) is 14.4. The molecule has 0 fully saturated rings. The molecular weight excluding hydrogens is 250 g/mol. The lowest BCUT2D eigenvalue weighted by Gasteiger charge is -2.20. The van der Waals surface area contributed by atoms with Crippen LogP contribution < -0.4 is 10.1 Å². The zero-order valence-corrected chi connectivity index (χ0v) is 11.9. The number of aliphatic hydroxyl groups excluding tert-OH is 1. The van der Waals surface area contributed by atoms with Crippen LogP contribution in [0.4, 0.5) is 0 Å². The van der Waals surface area contributed by atoms with Crippen LogP contribution >= 0.6 is 0 Å². The molecule has 2 aromatic carbocycles. The Balaban J connectivity index is 1.89. The second-order valence-electron chi connectivity index (χ2n) is 4.87. The molecule has 0 heterocycles. The Morgan fingerprint density at radius 2 is 1.70 bits per heavy atom. The summed E-state index contributed by atoms with van der Waals surface area (Å²) < 4.78 is 5.13. The summed E-state index contributed by atoms with van der Waals surface area (Å²) in [6.45, 7) is 2.70. The third-order valence-corrected chi connectivity index (χ3v) is 3.40. The van der Waals surface area contributed by atoms with Gasteiger partial charge in [0, 0.05) is 12.6 Å². The number of hydrogen-bond donors (Lipinski definition) is 2. The summed E-state index contributed by atoms with van der Waals surface area (Å²) >= 11 is 0. The highest BCUT2D eigenvalue weighted by atomic mass is 16.5. The Kier molecular flexibility index (Phi) is 5.16. The topological polar surface area (TPSA) is 41.5 Å². The van der Waals surface area contributed by atoms with Crippen molar-refractivity contribution in [3.63, 3.8) is 0 Å². The number of rotatable bonds is 6. The van der Waals surface area contributed by atoms with Crippen LogP contribution in [0.5, 0.6) is 5.75 Å². The fourth-order valence-corrected chi connectivity index (χ4v) is 2.07. The minimum atomic E-state index is -0.505. The Morgan fingerprint density at radius 3 is 2.30 bits per heavy atom. The van der Waals surface area contributed by atoms with Crippen molar-refractivity contribution in [2.75, 3.05) is 7.11 Å². The molecule has 2 rings (SSSR count). The number of aliphatic hydroxyl groups is 1. The van der Waals surface area contributed by atoms with E-state index >= 15 is 0 Å². The van der Waals surface area contributed by atoms with E-state index in [1.807, 2.05) is 61.5 Å². The van der Waals surface area contributed by atoms with Crippen molar-refractivity contribution in [1.82, 2.24) is 5.32 Å². The summed E-state index contributed by atoms with van der Waals surface area (Å²) in [6, 6.07) is 17.6. The van der Waals surface area contributed by atoms with Crippen LogP contribution in [0.15, 0.2) is 54.6 Å². The van der Waals surface area contributed by atoms with Gasteiger partial charge in [0.2, 0.25) is 0 Å². The smallest absolute Gasteiger partial charge is 0.118 e. The number of hydrogen-bond acceptors (Lipinski definition) is 3. The molecule has 0 amide bonds. The molecule has 0 saturated heterocycles. The molecule has 0 radical (unpaired) electrons. The van der Waals surface area contributed by atoms with E-state index in [4.69, 9.17) is 4.74 Å². The summed E-state index contributed by atoms with van der Waals surface area (Å²) in [6.07, 6.45) is -0.505. The van der Waals surface area contributed by atoms with E-state index in [2.05, 4.69) is 5.32 Å². The first-order chi connectivity index (χ1) is 9.70. The minimum Gasteiger partial charge on any atom is -0.497 e. The SMILES string of the molecule is COc1ccc(CNC(C)C(O)c2ccccc2)cc1. The summed E-state index contributed by atoms with van der Waals surface area (Å²) in [5, 5.41) is 13.6. The molecule has 0 aliphatic heterocycles. The van der Waals surface area contributed by atoms with Crippen LogP contribution in [0.3, 0.4) is 0 Å². The van der Waals surface area contributed by atoms with Crippen LogP contribution in [-0.2, 0) is 6.54 Å². The molecule has 0 bridgehead atoms. The third kappa shape index (κ3) is 3.83. The van der Waals surface area contributed by atoms with Crippen molar-refractivity contribution in [1.29, 1.82) is 0 Å². The number of benzene rings is 2. The third-order valence-electron chi connectivity index (χ3n) is 3.40. The van der Waals surface area contributed by atoms with E-state index in [9.17, 15) is 5.11 Å². The van der Waals surface area contributed by atoms with Crippen molar-refractivity contribution >= 4 is 0 Å². The van der Waals surface area contributed by atoms with Crippen molar-refractivity contribution in [3.05, 3.63) is 65.7 Å². The zero-order valence-electron chi connectivity index (χ0n) is 11.9. The highest BCUT2D eigenvalue weighted by molar-refractivity contribution is 5.27. The maximum Gasteiger partial charge on any atom is 0.118 e. The van der Waals surface area contributed by atoms with Crippen LogP contribution in [0, 0.1) is 0 Å². The average molecular weight is 271 g/mol. The monoisotopic (exact) mass is 271 g/mol. The molecule has 2 N–H and O–H groups in total. The van der Waals surface area contributed by atoms with Crippen LogP contribution in [0.2, 0.25) is 0 Å². The molecule has 2 unspecified atom stereocenters. The van der Waals surface area contributed by atoms with Crippen molar-refractivity contribution < 1.29 is 9.84 Å². The van der Waals surface area contributed by atoms with Crippen molar-refractivity contribution in [3.8, 4) is 5.75 Å². The van der Waals surface area contributed by atoms with Crippen LogP contribution in [-0.4, -0.2) is 18.3 Å². The lowest BCUT2D eigenvalue weighted by Crippen LogP contribution is -2.31. The van der Waals surface area contributed by atoms with Gasteiger partial charge in [0.05, 0.1) is 13.2 Å². The largest absolute Gasteiger partial charge is 0.497 e. The van der Waals surface area contributed by atoms with Gasteiger partial charge in [-0.2, -0.15) is 0 Å². The first-order valence-corrected chi connectivity index (χ1v) is 6.80.